The Kier molecular flexibility index (Phi) is 5.85. The molecular formula is C20H26N2O3S2. The Morgan fingerprint density at radius 2 is 2.07 bits per heavy atom. The number of nitrogens with zero attached hydrogens (tertiary/aromatic N) is 2. The number of likely N-dealkylation sites (tertiary alicyclic amines) is 1. The summed E-state index contributed by atoms with van der Waals surface area (Å²) in [5, 5.41) is 21.0. The lowest BCUT2D eigenvalue weighted by atomic mass is 9.91. The SMILES string of the molecule is CC[C@H](O)[C@@H]1C(=O)N2C=C(SC3CCN(CC(O)c4ccccc4)C3)S[C@H]12. The lowest BCUT2D eigenvalue weighted by molar-refractivity contribution is -0.152. The number of benzene rings is 1. The van der Waals surface area contributed by atoms with Crippen LogP contribution in [0.25, 0.3) is 0 Å². The van der Waals surface area contributed by atoms with Gasteiger partial charge >= 0.3 is 0 Å². The van der Waals surface area contributed by atoms with Crippen LogP contribution in [0, 0.1) is 5.92 Å². The number of β-lactam (4-membered cyclic amide) rings is 1. The molecule has 0 radical (unpaired) electrons. The zero-order valence-corrected chi connectivity index (χ0v) is 17.0. The molecule has 0 aromatic heterocycles. The minimum Gasteiger partial charge on any atom is -0.392 e. The number of hydrogen-bond donors (Lipinski definition) is 2. The highest BCUT2D eigenvalue weighted by Crippen LogP contribution is 2.51. The number of aliphatic hydroxyl groups is 2. The number of carbonyl (C=O) groups excluding carboxylic acids is 1. The molecule has 1 amide bonds. The Balaban J connectivity index is 1.27. The monoisotopic (exact) mass is 406 g/mol. The van der Waals surface area contributed by atoms with Gasteiger partial charge in [-0.15, -0.1) is 11.8 Å². The van der Waals surface area contributed by atoms with Gasteiger partial charge in [-0.1, -0.05) is 49.0 Å². The van der Waals surface area contributed by atoms with Crippen LogP contribution < -0.4 is 0 Å². The van der Waals surface area contributed by atoms with Gasteiger partial charge in [0.1, 0.15) is 5.37 Å². The van der Waals surface area contributed by atoms with Crippen LogP contribution in [0.3, 0.4) is 0 Å². The lowest BCUT2D eigenvalue weighted by Gasteiger charge is -2.42. The van der Waals surface area contributed by atoms with Crippen LogP contribution in [-0.4, -0.2) is 62.3 Å². The van der Waals surface area contributed by atoms with Gasteiger partial charge in [-0.3, -0.25) is 9.69 Å². The third-order valence-electron chi connectivity index (χ3n) is 5.56. The maximum absolute atomic E-state index is 12.2. The number of thioether (sulfide) groups is 2. The van der Waals surface area contributed by atoms with Crippen molar-refractivity contribution < 1.29 is 15.0 Å². The van der Waals surface area contributed by atoms with Crippen LogP contribution in [0.1, 0.15) is 31.4 Å². The first-order valence-electron chi connectivity index (χ1n) is 9.57. The van der Waals surface area contributed by atoms with E-state index in [4.69, 9.17) is 0 Å². The summed E-state index contributed by atoms with van der Waals surface area (Å²) in [5.41, 5.74) is 0.964. The molecule has 0 saturated carbocycles. The molecule has 1 aromatic carbocycles. The zero-order valence-electron chi connectivity index (χ0n) is 15.4. The Labute approximate surface area is 168 Å². The highest BCUT2D eigenvalue weighted by molar-refractivity contribution is 8.23. The molecule has 5 atom stereocenters. The molecule has 2 N–H and O–H groups in total. The number of rotatable bonds is 7. The molecule has 2 fully saturated rings. The van der Waals surface area contributed by atoms with Gasteiger partial charge in [-0.25, -0.2) is 0 Å². The summed E-state index contributed by atoms with van der Waals surface area (Å²) in [6, 6.07) is 9.81. The fourth-order valence-corrected chi connectivity index (χ4v) is 7.03. The second-order valence-electron chi connectivity index (χ2n) is 7.42. The van der Waals surface area contributed by atoms with Crippen molar-refractivity contribution in [3.8, 4) is 0 Å². The number of β-amino-alcohol motifs (C(OH)–C–C–N with tert-alkyl or cyclic N) is 1. The summed E-state index contributed by atoms with van der Waals surface area (Å²) in [6.45, 7) is 4.51. The smallest absolute Gasteiger partial charge is 0.236 e. The van der Waals surface area contributed by atoms with Gasteiger partial charge in [0, 0.05) is 24.5 Å². The van der Waals surface area contributed by atoms with Gasteiger partial charge in [0.2, 0.25) is 5.91 Å². The number of amides is 1. The fraction of sp³-hybridized carbons (Fsp3) is 0.550. The van der Waals surface area contributed by atoms with E-state index in [1.165, 1.54) is 4.24 Å². The second-order valence-corrected chi connectivity index (χ2v) is 10.2. The maximum Gasteiger partial charge on any atom is 0.236 e. The molecule has 4 rings (SSSR count). The van der Waals surface area contributed by atoms with Gasteiger partial charge < -0.3 is 15.1 Å². The summed E-state index contributed by atoms with van der Waals surface area (Å²) in [4.78, 5) is 16.3. The summed E-state index contributed by atoms with van der Waals surface area (Å²) in [7, 11) is 0. The van der Waals surface area contributed by atoms with E-state index < -0.39 is 12.2 Å². The molecule has 0 aliphatic carbocycles. The number of hydrogen-bond acceptors (Lipinski definition) is 6. The van der Waals surface area contributed by atoms with E-state index in [0.29, 0.717) is 18.2 Å². The molecule has 27 heavy (non-hydrogen) atoms. The molecule has 0 bridgehead atoms. The number of carbonyl (C=O) groups is 1. The van der Waals surface area contributed by atoms with Gasteiger partial charge in [-0.05, 0) is 24.9 Å². The fourth-order valence-electron chi connectivity index (χ4n) is 3.96. The Hall–Kier alpha value is -0.990. The van der Waals surface area contributed by atoms with E-state index in [2.05, 4.69) is 4.90 Å². The average Bonchev–Trinajstić information content (AvgIpc) is 3.27. The number of aliphatic hydroxyl groups excluding tert-OH is 2. The minimum atomic E-state index is -0.537. The van der Waals surface area contributed by atoms with E-state index in [-0.39, 0.29) is 17.2 Å². The molecule has 2 unspecified atom stereocenters. The predicted molar refractivity (Wildman–Crippen MR) is 110 cm³/mol. The molecule has 146 valence electrons. The van der Waals surface area contributed by atoms with Gasteiger partial charge in [-0.2, -0.15) is 0 Å². The Bertz CT molecular complexity index is 714. The molecule has 5 nitrogen and oxygen atoms in total. The number of fused-ring (bicyclic) bond motifs is 1. The maximum atomic E-state index is 12.2. The Morgan fingerprint density at radius 1 is 1.30 bits per heavy atom. The van der Waals surface area contributed by atoms with E-state index in [1.54, 1.807) is 16.7 Å². The predicted octanol–water partition coefficient (Wildman–Crippen LogP) is 2.63. The van der Waals surface area contributed by atoms with E-state index in [1.807, 2.05) is 55.2 Å². The minimum absolute atomic E-state index is 0.0523. The van der Waals surface area contributed by atoms with Crippen LogP contribution in [-0.2, 0) is 4.79 Å². The van der Waals surface area contributed by atoms with Crippen LogP contribution in [0.2, 0.25) is 0 Å². The largest absolute Gasteiger partial charge is 0.392 e. The van der Waals surface area contributed by atoms with Crippen molar-refractivity contribution in [2.75, 3.05) is 19.6 Å². The van der Waals surface area contributed by atoms with Crippen molar-refractivity contribution in [2.24, 2.45) is 5.92 Å². The molecule has 3 aliphatic heterocycles. The quantitative estimate of drug-likeness (QED) is 0.679. The zero-order chi connectivity index (χ0) is 19.0. The van der Waals surface area contributed by atoms with Crippen LogP contribution >= 0.6 is 23.5 Å². The van der Waals surface area contributed by atoms with Crippen LogP contribution in [0.5, 0.6) is 0 Å². The second kappa shape index (κ2) is 8.17. The van der Waals surface area contributed by atoms with Crippen LogP contribution in [0.4, 0.5) is 0 Å². The average molecular weight is 407 g/mol. The van der Waals surface area contributed by atoms with Crippen molar-refractivity contribution in [3.63, 3.8) is 0 Å². The third-order valence-corrected chi connectivity index (χ3v) is 8.30. The summed E-state index contributed by atoms with van der Waals surface area (Å²) in [5.74, 6) is -0.202. The summed E-state index contributed by atoms with van der Waals surface area (Å²) < 4.78 is 1.18. The molecule has 0 spiro atoms. The topological polar surface area (TPSA) is 64.0 Å². The van der Waals surface area contributed by atoms with Gasteiger partial charge in [0.15, 0.2) is 0 Å². The molecular weight excluding hydrogens is 380 g/mol. The van der Waals surface area contributed by atoms with Crippen molar-refractivity contribution in [3.05, 3.63) is 46.3 Å². The summed E-state index contributed by atoms with van der Waals surface area (Å²) in [6.07, 6.45) is 2.67. The van der Waals surface area contributed by atoms with E-state index >= 15 is 0 Å². The van der Waals surface area contributed by atoms with Crippen molar-refractivity contribution >= 4 is 29.4 Å². The first-order valence-corrected chi connectivity index (χ1v) is 11.3. The molecule has 1 aromatic rings. The summed E-state index contributed by atoms with van der Waals surface area (Å²) >= 11 is 3.55. The van der Waals surface area contributed by atoms with E-state index in [0.717, 1.165) is 25.1 Å². The molecule has 3 heterocycles. The lowest BCUT2D eigenvalue weighted by Crippen LogP contribution is -2.59. The highest BCUT2D eigenvalue weighted by atomic mass is 32.2. The van der Waals surface area contributed by atoms with Crippen molar-refractivity contribution in [1.29, 1.82) is 0 Å². The van der Waals surface area contributed by atoms with Crippen molar-refractivity contribution in [2.45, 2.75) is 42.6 Å². The molecule has 7 heteroatoms. The molecule has 3 aliphatic rings. The first kappa shape index (κ1) is 19.3. The standard InChI is InChI=1S/C20H26N2O3S2/c1-2-15(23)18-19(25)22-12-17(27-20(18)22)26-14-8-9-21(10-14)11-16(24)13-6-4-3-5-7-13/h3-7,12,14-16,18,20,23-24H,2,8-11H2,1H3/t14?,15-,16?,18+,20+/m0/s1. The normalized spacial score (nSPS) is 30.0. The highest BCUT2D eigenvalue weighted by Gasteiger charge is 2.53. The molecule has 2 saturated heterocycles. The van der Waals surface area contributed by atoms with Crippen molar-refractivity contribution in [1.82, 2.24) is 9.80 Å². The van der Waals surface area contributed by atoms with Crippen LogP contribution in [0.15, 0.2) is 40.8 Å². The third kappa shape index (κ3) is 3.93. The van der Waals surface area contributed by atoms with Gasteiger partial charge in [0.25, 0.3) is 0 Å². The Morgan fingerprint density at radius 3 is 2.81 bits per heavy atom. The van der Waals surface area contributed by atoms with E-state index in [9.17, 15) is 15.0 Å². The van der Waals surface area contributed by atoms with Gasteiger partial charge in [0.05, 0.1) is 22.4 Å². The first-order chi connectivity index (χ1) is 13.1.